The smallest absolute Gasteiger partial charge is 0.335 e. The quantitative estimate of drug-likeness (QED) is 0.830. The Bertz CT molecular complexity index is 491. The molecular weight excluding hydrogens is 242 g/mol. The molecule has 1 rings (SSSR count). The third-order valence-corrected chi connectivity index (χ3v) is 3.52. The summed E-state index contributed by atoms with van der Waals surface area (Å²) in [6, 6.07) is 5.63. The van der Waals surface area contributed by atoms with E-state index in [1.807, 2.05) is 0 Å². The zero-order valence-corrected chi connectivity index (χ0v) is 10.5. The second-order valence-electron chi connectivity index (χ2n) is 4.03. The van der Waals surface area contributed by atoms with Gasteiger partial charge in [0.25, 0.3) is 0 Å². The average molecular weight is 257 g/mol. The summed E-state index contributed by atoms with van der Waals surface area (Å²) in [6.07, 6.45) is 0. The molecule has 5 nitrogen and oxygen atoms in total. The molecule has 0 fully saturated rings. The van der Waals surface area contributed by atoms with Gasteiger partial charge in [0.2, 0.25) is 10.0 Å². The van der Waals surface area contributed by atoms with Crippen molar-refractivity contribution in [3.63, 3.8) is 0 Å². The summed E-state index contributed by atoms with van der Waals surface area (Å²) in [4.78, 5) is 10.6. The number of benzene rings is 1. The molecule has 1 aromatic carbocycles. The maximum Gasteiger partial charge on any atom is 0.335 e. The Morgan fingerprint density at radius 2 is 1.82 bits per heavy atom. The summed E-state index contributed by atoms with van der Waals surface area (Å²) in [5.74, 6) is -1.18. The van der Waals surface area contributed by atoms with Gasteiger partial charge in [-0.05, 0) is 31.5 Å². The first kappa shape index (κ1) is 13.7. The maximum atomic E-state index is 11.6. The molecule has 0 unspecified atom stereocenters. The molecule has 0 aliphatic carbocycles. The van der Waals surface area contributed by atoms with Crippen molar-refractivity contribution in [2.24, 2.45) is 0 Å². The minimum atomic E-state index is -3.36. The van der Waals surface area contributed by atoms with Crippen LogP contribution >= 0.6 is 0 Å². The maximum absolute atomic E-state index is 11.6. The first-order valence-corrected chi connectivity index (χ1v) is 6.77. The Hall–Kier alpha value is -1.40. The molecule has 0 aromatic heterocycles. The Labute approximate surface area is 101 Å². The van der Waals surface area contributed by atoms with Crippen molar-refractivity contribution in [2.75, 3.05) is 0 Å². The Morgan fingerprint density at radius 1 is 1.29 bits per heavy atom. The van der Waals surface area contributed by atoms with E-state index in [0.717, 1.165) is 0 Å². The van der Waals surface area contributed by atoms with Crippen molar-refractivity contribution in [1.29, 1.82) is 0 Å². The molecule has 0 atom stereocenters. The van der Waals surface area contributed by atoms with Crippen LogP contribution in [0.5, 0.6) is 0 Å². The molecule has 0 aliphatic rings. The summed E-state index contributed by atoms with van der Waals surface area (Å²) < 4.78 is 25.7. The van der Waals surface area contributed by atoms with Gasteiger partial charge in [-0.15, -0.1) is 0 Å². The van der Waals surface area contributed by atoms with Crippen molar-refractivity contribution in [1.82, 2.24) is 4.72 Å². The molecule has 0 heterocycles. The molecular formula is C11H15NO4S. The number of hydrogen-bond acceptors (Lipinski definition) is 3. The van der Waals surface area contributed by atoms with Crippen molar-refractivity contribution < 1.29 is 18.3 Å². The molecule has 0 saturated carbocycles. The van der Waals surface area contributed by atoms with E-state index in [-0.39, 0.29) is 17.4 Å². The number of aromatic carboxylic acids is 1. The molecule has 0 aliphatic heterocycles. The standard InChI is InChI=1S/C11H15NO4S/c1-8(2)12-17(15,16)7-9-3-5-10(6-4-9)11(13)14/h3-6,8,12H,7H2,1-2H3,(H,13,14). The first-order chi connectivity index (χ1) is 7.80. The van der Waals surface area contributed by atoms with Crippen LogP contribution in [-0.2, 0) is 15.8 Å². The lowest BCUT2D eigenvalue weighted by Crippen LogP contribution is -2.31. The lowest BCUT2D eigenvalue weighted by Gasteiger charge is -2.09. The van der Waals surface area contributed by atoms with Crippen molar-refractivity contribution in [3.05, 3.63) is 35.4 Å². The van der Waals surface area contributed by atoms with Crippen LogP contribution in [-0.4, -0.2) is 25.5 Å². The number of carbonyl (C=O) groups is 1. The van der Waals surface area contributed by atoms with Crippen molar-refractivity contribution in [2.45, 2.75) is 25.6 Å². The molecule has 0 radical (unpaired) electrons. The fraction of sp³-hybridized carbons (Fsp3) is 0.364. The molecule has 6 heteroatoms. The highest BCUT2D eigenvalue weighted by molar-refractivity contribution is 7.88. The summed E-state index contributed by atoms with van der Waals surface area (Å²) in [6.45, 7) is 3.48. The van der Waals surface area contributed by atoms with Gasteiger partial charge in [0.15, 0.2) is 0 Å². The fourth-order valence-electron chi connectivity index (χ4n) is 1.36. The Morgan fingerprint density at radius 3 is 2.24 bits per heavy atom. The van der Waals surface area contributed by atoms with Crippen LogP contribution in [0, 0.1) is 0 Å². The second-order valence-corrected chi connectivity index (χ2v) is 5.79. The van der Waals surface area contributed by atoms with Gasteiger partial charge in [-0.1, -0.05) is 12.1 Å². The molecule has 17 heavy (non-hydrogen) atoms. The Kier molecular flexibility index (Phi) is 4.25. The minimum Gasteiger partial charge on any atom is -0.478 e. The second kappa shape index (κ2) is 5.29. The van der Waals surface area contributed by atoms with Gasteiger partial charge in [0, 0.05) is 6.04 Å². The molecule has 94 valence electrons. The monoisotopic (exact) mass is 257 g/mol. The number of nitrogens with one attached hydrogen (secondary N) is 1. The number of carboxylic acid groups (broad SMARTS) is 1. The Balaban J connectivity index is 2.79. The van der Waals surface area contributed by atoms with Crippen LogP contribution in [0.25, 0.3) is 0 Å². The van der Waals surface area contributed by atoms with E-state index in [1.165, 1.54) is 24.3 Å². The first-order valence-electron chi connectivity index (χ1n) is 5.12. The van der Waals surface area contributed by atoms with E-state index in [1.54, 1.807) is 13.8 Å². The summed E-state index contributed by atoms with van der Waals surface area (Å²) in [5.41, 5.74) is 0.700. The fourth-order valence-corrected chi connectivity index (χ4v) is 2.80. The molecule has 0 amide bonds. The van der Waals surface area contributed by atoms with Gasteiger partial charge in [-0.2, -0.15) is 0 Å². The third-order valence-electron chi connectivity index (χ3n) is 1.97. The highest BCUT2D eigenvalue weighted by Crippen LogP contribution is 2.08. The van der Waals surface area contributed by atoms with E-state index in [2.05, 4.69) is 4.72 Å². The normalized spacial score (nSPS) is 11.7. The summed E-state index contributed by atoms with van der Waals surface area (Å²) in [5, 5.41) is 8.70. The van der Waals surface area contributed by atoms with Gasteiger partial charge in [0.05, 0.1) is 11.3 Å². The predicted octanol–water partition coefficient (Wildman–Crippen LogP) is 1.21. The predicted molar refractivity (Wildman–Crippen MR) is 64.3 cm³/mol. The lowest BCUT2D eigenvalue weighted by atomic mass is 10.1. The number of hydrogen-bond donors (Lipinski definition) is 2. The van der Waals surface area contributed by atoms with Crippen LogP contribution in [0.2, 0.25) is 0 Å². The number of sulfonamides is 1. The highest BCUT2D eigenvalue weighted by atomic mass is 32.2. The van der Waals surface area contributed by atoms with Gasteiger partial charge < -0.3 is 5.11 Å². The average Bonchev–Trinajstić information content (AvgIpc) is 2.15. The molecule has 0 bridgehead atoms. The van der Waals surface area contributed by atoms with Gasteiger partial charge in [-0.25, -0.2) is 17.9 Å². The molecule has 0 spiro atoms. The van der Waals surface area contributed by atoms with Crippen LogP contribution in [0.1, 0.15) is 29.8 Å². The zero-order chi connectivity index (χ0) is 13.1. The molecule has 0 saturated heterocycles. The van der Waals surface area contributed by atoms with E-state index < -0.39 is 16.0 Å². The minimum absolute atomic E-state index is 0.142. The van der Waals surface area contributed by atoms with Crippen LogP contribution in [0.3, 0.4) is 0 Å². The summed E-state index contributed by atoms with van der Waals surface area (Å²) in [7, 11) is -3.36. The SMILES string of the molecule is CC(C)NS(=O)(=O)Cc1ccc(C(=O)O)cc1. The van der Waals surface area contributed by atoms with Crippen LogP contribution in [0.15, 0.2) is 24.3 Å². The van der Waals surface area contributed by atoms with Crippen molar-refractivity contribution in [3.8, 4) is 0 Å². The van der Waals surface area contributed by atoms with Crippen molar-refractivity contribution >= 4 is 16.0 Å². The van der Waals surface area contributed by atoms with E-state index in [9.17, 15) is 13.2 Å². The van der Waals surface area contributed by atoms with E-state index in [4.69, 9.17) is 5.11 Å². The number of rotatable bonds is 5. The number of carboxylic acids is 1. The summed E-state index contributed by atoms with van der Waals surface area (Å²) >= 11 is 0. The highest BCUT2D eigenvalue weighted by Gasteiger charge is 2.13. The van der Waals surface area contributed by atoms with Gasteiger partial charge in [-0.3, -0.25) is 0 Å². The van der Waals surface area contributed by atoms with E-state index >= 15 is 0 Å². The van der Waals surface area contributed by atoms with E-state index in [0.29, 0.717) is 5.56 Å². The van der Waals surface area contributed by atoms with Gasteiger partial charge in [0.1, 0.15) is 0 Å². The van der Waals surface area contributed by atoms with Crippen LogP contribution in [0.4, 0.5) is 0 Å². The molecule has 1 aromatic rings. The largest absolute Gasteiger partial charge is 0.478 e. The third kappa shape index (κ3) is 4.54. The van der Waals surface area contributed by atoms with Gasteiger partial charge >= 0.3 is 5.97 Å². The molecule has 2 N–H and O–H groups in total. The topological polar surface area (TPSA) is 83.5 Å². The lowest BCUT2D eigenvalue weighted by molar-refractivity contribution is 0.0697. The zero-order valence-electron chi connectivity index (χ0n) is 9.67. The van der Waals surface area contributed by atoms with Crippen LogP contribution < -0.4 is 4.72 Å².